The van der Waals surface area contributed by atoms with Gasteiger partial charge in [0.1, 0.15) is 0 Å². The summed E-state index contributed by atoms with van der Waals surface area (Å²) in [5.74, 6) is 0.858. The molecule has 2 aromatic rings. The quantitative estimate of drug-likeness (QED) is 0.610. The first kappa shape index (κ1) is 16.1. The molecule has 0 aliphatic heterocycles. The zero-order chi connectivity index (χ0) is 18.1. The number of fused-ring (bicyclic) bond motifs is 1. The van der Waals surface area contributed by atoms with Crippen LogP contribution in [0.3, 0.4) is 0 Å². The number of rotatable bonds is 3. The second kappa shape index (κ2) is 5.58. The minimum Gasteiger partial charge on any atom is -0.309 e. The molecule has 2 heteroatoms. The lowest BCUT2D eigenvalue weighted by Gasteiger charge is -2.33. The van der Waals surface area contributed by atoms with E-state index in [4.69, 9.17) is 0 Å². The van der Waals surface area contributed by atoms with E-state index in [0.717, 1.165) is 29.4 Å². The normalized spacial score (nSPS) is 28.8. The summed E-state index contributed by atoms with van der Waals surface area (Å²) in [6.07, 6.45) is 8.63. The van der Waals surface area contributed by atoms with Crippen LogP contribution in [0.1, 0.15) is 44.9 Å². The molecule has 1 spiro atoms. The molecule has 27 heavy (non-hydrogen) atoms. The third kappa shape index (κ3) is 2.10. The summed E-state index contributed by atoms with van der Waals surface area (Å²) in [7, 11) is -2.79. The summed E-state index contributed by atoms with van der Waals surface area (Å²) in [6, 6.07) is 20.6. The molecule has 2 unspecified atom stereocenters. The topological polar surface area (TPSA) is 17.1 Å². The number of allylic oxidation sites excluding steroid dienone is 4. The summed E-state index contributed by atoms with van der Waals surface area (Å²) in [6.45, 7) is 0. The standard InChI is InChI=1S/C25H25OP/c26-27(19-8-3-1-4-9-19,20-10-5-2-6-11-20)24-17-25-16-18(25)14-15-23(25)21-12-7-13-22(21)24/h1-6,8-11,18H,7,12-17H2. The Labute approximate surface area is 161 Å². The molecule has 136 valence electrons. The maximum atomic E-state index is 15.0. The molecule has 0 bridgehead atoms. The Balaban J connectivity index is 1.63. The first-order valence-corrected chi connectivity index (χ1v) is 12.1. The fraction of sp³-hybridized carbons (Fsp3) is 0.360. The Hall–Kier alpha value is -1.85. The Morgan fingerprint density at radius 2 is 1.44 bits per heavy atom. The summed E-state index contributed by atoms with van der Waals surface area (Å²) in [5, 5.41) is 3.33. The lowest BCUT2D eigenvalue weighted by Crippen LogP contribution is -2.23. The molecule has 0 N–H and O–H groups in total. The summed E-state index contributed by atoms with van der Waals surface area (Å²) in [5.41, 5.74) is 5.27. The van der Waals surface area contributed by atoms with Crippen molar-refractivity contribution in [1.29, 1.82) is 0 Å². The molecular formula is C25H25OP. The van der Waals surface area contributed by atoms with Gasteiger partial charge < -0.3 is 4.57 Å². The Morgan fingerprint density at radius 3 is 2.07 bits per heavy atom. The highest BCUT2D eigenvalue weighted by Crippen LogP contribution is 2.76. The molecule has 0 heterocycles. The van der Waals surface area contributed by atoms with Crippen molar-refractivity contribution in [3.63, 3.8) is 0 Å². The van der Waals surface area contributed by atoms with E-state index in [1.165, 1.54) is 43.0 Å². The van der Waals surface area contributed by atoms with E-state index in [9.17, 15) is 4.57 Å². The van der Waals surface area contributed by atoms with Gasteiger partial charge in [0.2, 0.25) is 0 Å². The van der Waals surface area contributed by atoms with Gasteiger partial charge in [-0.15, -0.1) is 0 Å². The zero-order valence-electron chi connectivity index (χ0n) is 15.7. The fourth-order valence-corrected chi connectivity index (χ4v) is 9.55. The summed E-state index contributed by atoms with van der Waals surface area (Å²) < 4.78 is 15.0. The smallest absolute Gasteiger partial charge is 0.167 e. The van der Waals surface area contributed by atoms with E-state index in [1.54, 1.807) is 11.1 Å². The van der Waals surface area contributed by atoms with Crippen molar-refractivity contribution < 1.29 is 4.57 Å². The molecular weight excluding hydrogens is 347 g/mol. The van der Waals surface area contributed by atoms with Crippen LogP contribution in [-0.2, 0) is 4.57 Å². The molecule has 0 aromatic heterocycles. The van der Waals surface area contributed by atoms with Gasteiger partial charge in [-0.1, -0.05) is 66.2 Å². The van der Waals surface area contributed by atoms with Crippen molar-refractivity contribution in [2.75, 3.05) is 0 Å². The van der Waals surface area contributed by atoms with Gasteiger partial charge in [0.25, 0.3) is 0 Å². The van der Waals surface area contributed by atoms with Gasteiger partial charge in [-0.05, 0) is 67.4 Å². The number of hydrogen-bond donors (Lipinski definition) is 0. The lowest BCUT2D eigenvalue weighted by molar-refractivity contribution is 0.559. The monoisotopic (exact) mass is 372 g/mol. The van der Waals surface area contributed by atoms with Crippen molar-refractivity contribution >= 4 is 17.8 Å². The van der Waals surface area contributed by atoms with Crippen LogP contribution in [-0.4, -0.2) is 0 Å². The van der Waals surface area contributed by atoms with Crippen LogP contribution in [0.2, 0.25) is 0 Å². The maximum Gasteiger partial charge on any atom is 0.167 e. The van der Waals surface area contributed by atoms with Gasteiger partial charge in [0.15, 0.2) is 7.14 Å². The van der Waals surface area contributed by atoms with Crippen LogP contribution in [0, 0.1) is 11.3 Å². The van der Waals surface area contributed by atoms with E-state index in [0.29, 0.717) is 5.41 Å². The van der Waals surface area contributed by atoms with E-state index >= 15 is 0 Å². The van der Waals surface area contributed by atoms with Crippen molar-refractivity contribution in [1.82, 2.24) is 0 Å². The van der Waals surface area contributed by atoms with Gasteiger partial charge in [0.05, 0.1) is 0 Å². The zero-order valence-corrected chi connectivity index (χ0v) is 16.6. The highest BCUT2D eigenvalue weighted by Gasteiger charge is 2.63. The molecule has 0 saturated heterocycles. The molecule has 3 fully saturated rings. The van der Waals surface area contributed by atoms with E-state index in [1.807, 2.05) is 36.4 Å². The molecule has 4 aliphatic carbocycles. The molecule has 1 nitrogen and oxygen atoms in total. The minimum absolute atomic E-state index is 0.387. The SMILES string of the molecule is O=P(C1=C2CCCC2=C2CCC3CC23C1)(c1ccccc1)c1ccccc1. The van der Waals surface area contributed by atoms with Crippen LogP contribution in [0.25, 0.3) is 0 Å². The molecule has 0 amide bonds. The van der Waals surface area contributed by atoms with Crippen LogP contribution in [0.5, 0.6) is 0 Å². The third-order valence-electron chi connectivity index (χ3n) is 7.61. The summed E-state index contributed by atoms with van der Waals surface area (Å²) >= 11 is 0. The average molecular weight is 372 g/mol. The van der Waals surface area contributed by atoms with Crippen molar-refractivity contribution in [3.8, 4) is 0 Å². The second-order valence-corrected chi connectivity index (χ2v) is 11.6. The third-order valence-corrected chi connectivity index (χ3v) is 10.8. The van der Waals surface area contributed by atoms with Crippen LogP contribution in [0.15, 0.2) is 82.7 Å². The predicted octanol–water partition coefficient (Wildman–Crippen LogP) is 5.94. The van der Waals surface area contributed by atoms with Gasteiger partial charge in [-0.25, -0.2) is 0 Å². The first-order valence-electron chi connectivity index (χ1n) is 10.4. The highest BCUT2D eigenvalue weighted by molar-refractivity contribution is 7.82. The van der Waals surface area contributed by atoms with Crippen LogP contribution in [0.4, 0.5) is 0 Å². The fourth-order valence-electron chi connectivity index (χ4n) is 6.31. The van der Waals surface area contributed by atoms with Crippen molar-refractivity contribution in [2.24, 2.45) is 11.3 Å². The van der Waals surface area contributed by atoms with Gasteiger partial charge in [-0.3, -0.25) is 0 Å². The number of benzene rings is 2. The van der Waals surface area contributed by atoms with Gasteiger partial charge in [0, 0.05) is 15.9 Å². The van der Waals surface area contributed by atoms with Crippen molar-refractivity contribution in [3.05, 3.63) is 82.7 Å². The van der Waals surface area contributed by atoms with Crippen LogP contribution < -0.4 is 10.6 Å². The summed E-state index contributed by atoms with van der Waals surface area (Å²) in [4.78, 5) is 0. The maximum absolute atomic E-state index is 15.0. The lowest BCUT2D eigenvalue weighted by atomic mass is 9.82. The molecule has 3 saturated carbocycles. The van der Waals surface area contributed by atoms with E-state index < -0.39 is 7.14 Å². The average Bonchev–Trinajstić information content (AvgIpc) is 3.07. The number of hydrogen-bond acceptors (Lipinski definition) is 1. The molecule has 2 atom stereocenters. The van der Waals surface area contributed by atoms with E-state index in [2.05, 4.69) is 24.3 Å². The largest absolute Gasteiger partial charge is 0.309 e. The van der Waals surface area contributed by atoms with E-state index in [-0.39, 0.29) is 0 Å². The predicted molar refractivity (Wildman–Crippen MR) is 112 cm³/mol. The molecule has 4 aliphatic rings. The first-order chi connectivity index (χ1) is 13.2. The molecule has 2 aromatic carbocycles. The minimum atomic E-state index is -2.79. The van der Waals surface area contributed by atoms with Gasteiger partial charge >= 0.3 is 0 Å². The highest BCUT2D eigenvalue weighted by atomic mass is 31.2. The molecule has 0 radical (unpaired) electrons. The van der Waals surface area contributed by atoms with Crippen LogP contribution >= 0.6 is 7.14 Å². The Bertz CT molecular complexity index is 987. The second-order valence-electron chi connectivity index (χ2n) is 8.79. The molecule has 6 rings (SSSR count). The van der Waals surface area contributed by atoms with Gasteiger partial charge in [-0.2, -0.15) is 0 Å². The Morgan fingerprint density at radius 1 is 0.815 bits per heavy atom. The Kier molecular flexibility index (Phi) is 3.34. The van der Waals surface area contributed by atoms with Crippen molar-refractivity contribution in [2.45, 2.75) is 44.9 Å².